The first kappa shape index (κ1) is 14.6. The molecule has 1 aliphatic rings. The summed E-state index contributed by atoms with van der Waals surface area (Å²) in [5.74, 6) is 1.86. The molecule has 1 amide bonds. The van der Waals surface area contributed by atoms with Crippen LogP contribution in [0.5, 0.6) is 0 Å². The van der Waals surface area contributed by atoms with Gasteiger partial charge in [0.1, 0.15) is 5.82 Å². The molecular weight excluding hydrogens is 254 g/mol. The van der Waals surface area contributed by atoms with E-state index in [-0.39, 0.29) is 5.91 Å². The van der Waals surface area contributed by atoms with Gasteiger partial charge in [-0.25, -0.2) is 4.98 Å². The number of amides is 1. The second-order valence-electron chi connectivity index (χ2n) is 5.27. The van der Waals surface area contributed by atoms with Crippen LogP contribution < -0.4 is 16.0 Å². The summed E-state index contributed by atoms with van der Waals surface area (Å²) in [5.41, 5.74) is 5.25. The number of hydrogen-bond donors (Lipinski definition) is 2. The zero-order valence-corrected chi connectivity index (χ0v) is 12.0. The fourth-order valence-corrected chi connectivity index (χ4v) is 2.50. The Morgan fingerprint density at radius 3 is 2.90 bits per heavy atom. The van der Waals surface area contributed by atoms with Crippen molar-refractivity contribution in [1.29, 1.82) is 0 Å². The molecule has 1 aliphatic heterocycles. The molecule has 0 aliphatic carbocycles. The fraction of sp³-hybridized carbons (Fsp3) is 0.643. The minimum Gasteiger partial charge on any atom is -0.370 e. The highest BCUT2D eigenvalue weighted by Crippen LogP contribution is 2.24. The van der Waals surface area contributed by atoms with Crippen molar-refractivity contribution in [3.05, 3.63) is 12.3 Å². The van der Waals surface area contributed by atoms with Gasteiger partial charge in [0.25, 0.3) is 0 Å². The summed E-state index contributed by atoms with van der Waals surface area (Å²) in [7, 11) is 0. The van der Waals surface area contributed by atoms with Gasteiger partial charge < -0.3 is 16.0 Å². The Hall–Kier alpha value is -1.85. The molecule has 3 N–H and O–H groups in total. The fourth-order valence-electron chi connectivity index (χ4n) is 2.50. The molecule has 6 heteroatoms. The maximum absolute atomic E-state index is 10.9. The molecule has 0 radical (unpaired) electrons. The van der Waals surface area contributed by atoms with Crippen LogP contribution >= 0.6 is 0 Å². The van der Waals surface area contributed by atoms with Gasteiger partial charge in [-0.05, 0) is 31.2 Å². The Balaban J connectivity index is 1.91. The van der Waals surface area contributed by atoms with Gasteiger partial charge in [-0.15, -0.1) is 0 Å². The van der Waals surface area contributed by atoms with Crippen molar-refractivity contribution in [3.63, 3.8) is 0 Å². The van der Waals surface area contributed by atoms with E-state index >= 15 is 0 Å². The second kappa shape index (κ2) is 7.07. The summed E-state index contributed by atoms with van der Waals surface area (Å²) >= 11 is 0. The van der Waals surface area contributed by atoms with E-state index in [1.807, 2.05) is 6.07 Å². The standard InChI is InChI=1S/C14H23N5O/c1-2-6-16-14-17-7-3-13(18-14)19-8-4-11(5-9-19)10-12(15)20/h3,7,11H,2,4-6,8-10H2,1H3,(H2,15,20)(H,16,17,18). The predicted molar refractivity (Wildman–Crippen MR) is 79.6 cm³/mol. The van der Waals surface area contributed by atoms with Crippen LogP contribution in [-0.2, 0) is 4.79 Å². The highest BCUT2D eigenvalue weighted by molar-refractivity contribution is 5.74. The number of aromatic nitrogens is 2. The smallest absolute Gasteiger partial charge is 0.224 e. The second-order valence-corrected chi connectivity index (χ2v) is 5.27. The third-order valence-electron chi connectivity index (χ3n) is 3.60. The molecular formula is C14H23N5O. The Morgan fingerprint density at radius 2 is 2.25 bits per heavy atom. The normalized spacial score (nSPS) is 16.1. The molecule has 0 aromatic carbocycles. The van der Waals surface area contributed by atoms with Crippen LogP contribution in [-0.4, -0.2) is 35.5 Å². The molecule has 1 aromatic rings. The van der Waals surface area contributed by atoms with E-state index in [1.54, 1.807) is 6.20 Å². The van der Waals surface area contributed by atoms with Crippen LogP contribution in [0.25, 0.3) is 0 Å². The highest BCUT2D eigenvalue weighted by atomic mass is 16.1. The molecule has 1 aromatic heterocycles. The number of anilines is 2. The van der Waals surface area contributed by atoms with Crippen molar-refractivity contribution < 1.29 is 4.79 Å². The lowest BCUT2D eigenvalue weighted by atomic mass is 9.93. The lowest BCUT2D eigenvalue weighted by Gasteiger charge is -2.32. The largest absolute Gasteiger partial charge is 0.370 e. The van der Waals surface area contributed by atoms with Gasteiger partial charge in [-0.3, -0.25) is 4.79 Å². The molecule has 1 fully saturated rings. The first-order chi connectivity index (χ1) is 9.69. The van der Waals surface area contributed by atoms with E-state index in [1.165, 1.54) is 0 Å². The summed E-state index contributed by atoms with van der Waals surface area (Å²) in [6.45, 7) is 4.83. The minimum absolute atomic E-state index is 0.198. The number of nitrogens with two attached hydrogens (primary N) is 1. The Morgan fingerprint density at radius 1 is 1.50 bits per heavy atom. The Labute approximate surface area is 119 Å². The van der Waals surface area contributed by atoms with Crippen molar-refractivity contribution in [2.75, 3.05) is 29.9 Å². The van der Waals surface area contributed by atoms with Gasteiger partial charge in [0.05, 0.1) is 0 Å². The van der Waals surface area contributed by atoms with Crippen LogP contribution in [0.1, 0.15) is 32.6 Å². The lowest BCUT2D eigenvalue weighted by Crippen LogP contribution is -2.35. The van der Waals surface area contributed by atoms with Crippen LogP contribution in [0.2, 0.25) is 0 Å². The molecule has 0 bridgehead atoms. The number of rotatable bonds is 6. The monoisotopic (exact) mass is 277 g/mol. The molecule has 0 atom stereocenters. The van der Waals surface area contributed by atoms with Gasteiger partial charge in [0, 0.05) is 32.3 Å². The third kappa shape index (κ3) is 4.08. The minimum atomic E-state index is -0.198. The summed E-state index contributed by atoms with van der Waals surface area (Å²) in [6.07, 6.45) is 5.32. The summed E-state index contributed by atoms with van der Waals surface area (Å²) in [6, 6.07) is 1.94. The average Bonchev–Trinajstić information content (AvgIpc) is 2.45. The quantitative estimate of drug-likeness (QED) is 0.821. The number of nitrogens with zero attached hydrogens (tertiary/aromatic N) is 3. The summed E-state index contributed by atoms with van der Waals surface area (Å²) in [5, 5.41) is 3.20. The molecule has 0 unspecified atom stereocenters. The van der Waals surface area contributed by atoms with Gasteiger partial charge >= 0.3 is 0 Å². The summed E-state index contributed by atoms with van der Waals surface area (Å²) < 4.78 is 0. The van der Waals surface area contributed by atoms with Crippen LogP contribution in [0, 0.1) is 5.92 Å². The predicted octanol–water partition coefficient (Wildman–Crippen LogP) is 1.39. The van der Waals surface area contributed by atoms with E-state index < -0.39 is 0 Å². The molecule has 20 heavy (non-hydrogen) atoms. The molecule has 2 heterocycles. The highest BCUT2D eigenvalue weighted by Gasteiger charge is 2.21. The molecule has 110 valence electrons. The molecule has 0 spiro atoms. The zero-order valence-electron chi connectivity index (χ0n) is 12.0. The van der Waals surface area contributed by atoms with Crippen molar-refractivity contribution >= 4 is 17.7 Å². The zero-order chi connectivity index (χ0) is 14.4. The first-order valence-corrected chi connectivity index (χ1v) is 7.29. The number of piperidine rings is 1. The van der Waals surface area contributed by atoms with Crippen LogP contribution in [0.15, 0.2) is 12.3 Å². The maximum atomic E-state index is 10.9. The molecule has 6 nitrogen and oxygen atoms in total. The number of carbonyl (C=O) groups excluding carboxylic acids is 1. The topological polar surface area (TPSA) is 84.1 Å². The summed E-state index contributed by atoms with van der Waals surface area (Å²) in [4.78, 5) is 21.9. The van der Waals surface area contributed by atoms with E-state index in [2.05, 4.69) is 27.1 Å². The third-order valence-corrected chi connectivity index (χ3v) is 3.60. The number of nitrogens with one attached hydrogen (secondary N) is 1. The van der Waals surface area contributed by atoms with Gasteiger partial charge in [-0.2, -0.15) is 4.98 Å². The van der Waals surface area contributed by atoms with E-state index in [4.69, 9.17) is 5.73 Å². The number of primary amides is 1. The van der Waals surface area contributed by atoms with Crippen LogP contribution in [0.4, 0.5) is 11.8 Å². The lowest BCUT2D eigenvalue weighted by molar-refractivity contribution is -0.119. The van der Waals surface area contributed by atoms with Crippen molar-refractivity contribution in [2.45, 2.75) is 32.6 Å². The van der Waals surface area contributed by atoms with E-state index in [9.17, 15) is 4.79 Å². The number of carbonyl (C=O) groups is 1. The van der Waals surface area contributed by atoms with Crippen molar-refractivity contribution in [1.82, 2.24) is 9.97 Å². The van der Waals surface area contributed by atoms with Gasteiger partial charge in [0.15, 0.2) is 0 Å². The van der Waals surface area contributed by atoms with E-state index in [0.717, 1.165) is 44.7 Å². The average molecular weight is 277 g/mol. The molecule has 0 saturated carbocycles. The van der Waals surface area contributed by atoms with Gasteiger partial charge in [-0.1, -0.05) is 6.92 Å². The maximum Gasteiger partial charge on any atom is 0.224 e. The molecule has 2 rings (SSSR count). The Kier molecular flexibility index (Phi) is 5.15. The van der Waals surface area contributed by atoms with Crippen LogP contribution in [0.3, 0.4) is 0 Å². The van der Waals surface area contributed by atoms with Crippen molar-refractivity contribution in [2.24, 2.45) is 11.7 Å². The first-order valence-electron chi connectivity index (χ1n) is 7.29. The van der Waals surface area contributed by atoms with Gasteiger partial charge in [0.2, 0.25) is 11.9 Å². The van der Waals surface area contributed by atoms with E-state index in [0.29, 0.717) is 18.3 Å². The molecule has 1 saturated heterocycles. The SMILES string of the molecule is CCCNc1nccc(N2CCC(CC(N)=O)CC2)n1. The number of hydrogen-bond acceptors (Lipinski definition) is 5. The Bertz CT molecular complexity index is 443. The van der Waals surface area contributed by atoms with Crippen molar-refractivity contribution in [3.8, 4) is 0 Å².